The van der Waals surface area contributed by atoms with Crippen molar-refractivity contribution >= 4 is 52.4 Å². The first-order chi connectivity index (χ1) is 16.7. The number of nitrogens with zero attached hydrogens (tertiary/aromatic N) is 4. The van der Waals surface area contributed by atoms with Crippen molar-refractivity contribution in [1.82, 2.24) is 19.7 Å². The largest absolute Gasteiger partial charge is 0.550 e. The maximum absolute atomic E-state index is 11.5. The molecule has 0 saturated carbocycles. The van der Waals surface area contributed by atoms with Gasteiger partial charge in [-0.25, -0.2) is 4.98 Å². The van der Waals surface area contributed by atoms with Crippen LogP contribution in [-0.4, -0.2) is 44.7 Å². The lowest BCUT2D eigenvalue weighted by atomic mass is 10.2. The maximum atomic E-state index is 11.5. The summed E-state index contributed by atoms with van der Waals surface area (Å²) >= 11 is 6.28. The highest BCUT2D eigenvalue weighted by Crippen LogP contribution is 2.26. The number of quaternary nitrogens is 1. The van der Waals surface area contributed by atoms with Gasteiger partial charge < -0.3 is 30.8 Å². The van der Waals surface area contributed by atoms with Gasteiger partial charge in [0.1, 0.15) is 11.6 Å². The predicted octanol–water partition coefficient (Wildman–Crippen LogP) is 1.02. The maximum Gasteiger partial charge on any atom is 0.247 e. The van der Waals surface area contributed by atoms with Crippen LogP contribution < -0.4 is 26.0 Å². The van der Waals surface area contributed by atoms with E-state index in [0.29, 0.717) is 34.0 Å². The number of carbonyl (C=O) groups excluding carboxylic acids is 2. The van der Waals surface area contributed by atoms with Crippen LogP contribution in [-0.2, 0) is 23.2 Å². The molecule has 184 valence electrons. The minimum absolute atomic E-state index is 0.283. The van der Waals surface area contributed by atoms with E-state index in [2.05, 4.69) is 37.6 Å². The van der Waals surface area contributed by atoms with Gasteiger partial charge in [0.05, 0.1) is 25.0 Å². The number of carboxylic acid groups (broad SMARTS) is 1. The van der Waals surface area contributed by atoms with E-state index >= 15 is 0 Å². The second-order valence-corrected chi connectivity index (χ2v) is 8.24. The molecule has 1 aliphatic heterocycles. The number of halogens is 1. The smallest absolute Gasteiger partial charge is 0.247 e. The average molecular weight is 499 g/mol. The Bertz CT molecular complexity index is 1210. The van der Waals surface area contributed by atoms with E-state index in [1.165, 1.54) is 31.8 Å². The van der Waals surface area contributed by atoms with Crippen LogP contribution in [0.15, 0.2) is 49.2 Å². The number of nitrogens with one attached hydrogen (secondary N) is 4. The Labute approximate surface area is 207 Å². The molecule has 3 heterocycles. The zero-order chi connectivity index (χ0) is 25.4. The molecule has 4 N–H and O–H groups in total. The molecular weight excluding hydrogens is 472 g/mol. The molecule has 0 bridgehead atoms. The number of amides is 1. The quantitative estimate of drug-likeness (QED) is 0.337. The van der Waals surface area contributed by atoms with Crippen LogP contribution in [0.5, 0.6) is 0 Å². The molecular formula is C23H27ClN8O3. The second-order valence-electron chi connectivity index (χ2n) is 7.83. The summed E-state index contributed by atoms with van der Waals surface area (Å²) in [7, 11) is 1.94. The van der Waals surface area contributed by atoms with E-state index in [-0.39, 0.29) is 5.91 Å². The number of carbonyl (C=O) groups is 2. The Balaban J connectivity index is 0.000000795. The highest BCUT2D eigenvalue weighted by atomic mass is 35.5. The van der Waals surface area contributed by atoms with Gasteiger partial charge in [0, 0.05) is 36.9 Å². The van der Waals surface area contributed by atoms with Crippen molar-refractivity contribution < 1.29 is 19.6 Å². The van der Waals surface area contributed by atoms with Gasteiger partial charge in [0.2, 0.25) is 11.9 Å². The number of aromatic nitrogens is 4. The van der Waals surface area contributed by atoms with Gasteiger partial charge in [-0.1, -0.05) is 24.2 Å². The molecule has 0 spiro atoms. The number of hydrogen-bond acceptors (Lipinski definition) is 8. The number of carboxylic acids is 1. The Morgan fingerprint density at radius 1 is 1.26 bits per heavy atom. The van der Waals surface area contributed by atoms with Gasteiger partial charge in [-0.15, -0.1) is 0 Å². The highest BCUT2D eigenvalue weighted by molar-refractivity contribution is 6.32. The third kappa shape index (κ3) is 7.80. The molecule has 3 aromatic rings. The highest BCUT2D eigenvalue weighted by Gasteiger charge is 2.20. The lowest BCUT2D eigenvalue weighted by molar-refractivity contribution is -0.952. The summed E-state index contributed by atoms with van der Waals surface area (Å²) < 4.78 is 1.88. The number of aryl methyl sites for hydroxylation is 1. The van der Waals surface area contributed by atoms with Crippen molar-refractivity contribution in [1.29, 1.82) is 0 Å². The third-order valence-corrected chi connectivity index (χ3v) is 5.31. The summed E-state index contributed by atoms with van der Waals surface area (Å²) in [5, 5.41) is 22.8. The lowest BCUT2D eigenvalue weighted by Crippen LogP contribution is -3.16. The van der Waals surface area contributed by atoms with Crippen molar-refractivity contribution in [3.8, 4) is 0 Å². The second kappa shape index (κ2) is 12.0. The van der Waals surface area contributed by atoms with E-state index in [9.17, 15) is 4.79 Å². The van der Waals surface area contributed by atoms with Crippen LogP contribution >= 0.6 is 11.6 Å². The number of anilines is 5. The normalized spacial score (nSPS) is 12.5. The molecule has 0 aliphatic carbocycles. The predicted molar refractivity (Wildman–Crippen MR) is 132 cm³/mol. The molecule has 1 aromatic carbocycles. The van der Waals surface area contributed by atoms with Crippen molar-refractivity contribution in [2.75, 3.05) is 29.0 Å². The molecule has 1 fully saturated rings. The summed E-state index contributed by atoms with van der Waals surface area (Å²) in [5.74, 6) is 0.130. The summed E-state index contributed by atoms with van der Waals surface area (Å²) in [6, 6.07) is 9.23. The van der Waals surface area contributed by atoms with Crippen molar-refractivity contribution in [3.05, 3.63) is 59.9 Å². The summed E-state index contributed by atoms with van der Waals surface area (Å²) in [6.45, 7) is 7.80. The molecule has 1 aliphatic rings. The molecule has 2 aromatic heterocycles. The fourth-order valence-corrected chi connectivity index (χ4v) is 3.36. The minimum Gasteiger partial charge on any atom is -0.550 e. The molecule has 0 atom stereocenters. The Kier molecular flexibility index (Phi) is 8.76. The zero-order valence-electron chi connectivity index (χ0n) is 19.5. The third-order valence-electron chi connectivity index (χ3n) is 5.03. The minimum atomic E-state index is -1.08. The van der Waals surface area contributed by atoms with Gasteiger partial charge in [-0.2, -0.15) is 10.1 Å². The molecule has 0 unspecified atom stereocenters. The molecule has 35 heavy (non-hydrogen) atoms. The lowest BCUT2D eigenvalue weighted by Gasteiger charge is -2.26. The standard InChI is InChI=1S/C21H23ClN8O.C2H4O2/c1-3-19(31)24-14-6-4-7-15(10-14)25-20-17(22)12-23-21(27-20)26-18-11-16(29(2)28-18)13-30-8-5-9-30;1-2(3)4/h3-4,6-7,10-12H,1,5,8-9,13H2,2H3,(H,24,31)(H2,23,25,26,27,28);1H3,(H,3,4). The van der Waals surface area contributed by atoms with E-state index < -0.39 is 5.97 Å². The van der Waals surface area contributed by atoms with E-state index in [1.54, 1.807) is 17.0 Å². The Morgan fingerprint density at radius 2 is 1.97 bits per heavy atom. The van der Waals surface area contributed by atoms with Crippen molar-refractivity contribution in [3.63, 3.8) is 0 Å². The number of aliphatic carboxylic acids is 1. The van der Waals surface area contributed by atoms with Gasteiger partial charge in [-0.05, 0) is 31.2 Å². The number of rotatable bonds is 8. The fourth-order valence-electron chi connectivity index (χ4n) is 3.23. The SMILES string of the molecule is C=CC(=O)Nc1cccc(Nc2nc(Nc3cc(C[NH+]4CCC4)n(C)n3)ncc2Cl)c1.CC(=O)[O-]. The Hall–Kier alpha value is -3.96. The number of hydrogen-bond donors (Lipinski definition) is 4. The van der Waals surface area contributed by atoms with Crippen LogP contribution in [0, 0.1) is 0 Å². The molecule has 12 heteroatoms. The van der Waals surface area contributed by atoms with Crippen LogP contribution in [0.1, 0.15) is 19.0 Å². The van der Waals surface area contributed by atoms with Crippen LogP contribution in [0.25, 0.3) is 0 Å². The molecule has 0 radical (unpaired) electrons. The first-order valence-corrected chi connectivity index (χ1v) is 11.3. The monoisotopic (exact) mass is 498 g/mol. The van der Waals surface area contributed by atoms with E-state index in [1.807, 2.05) is 29.9 Å². The zero-order valence-corrected chi connectivity index (χ0v) is 20.2. The van der Waals surface area contributed by atoms with Crippen LogP contribution in [0.4, 0.5) is 29.0 Å². The van der Waals surface area contributed by atoms with Gasteiger partial charge in [-0.3, -0.25) is 9.48 Å². The van der Waals surface area contributed by atoms with Crippen molar-refractivity contribution in [2.24, 2.45) is 7.05 Å². The van der Waals surface area contributed by atoms with Gasteiger partial charge in [0.15, 0.2) is 11.6 Å². The topological polar surface area (TPSA) is 141 Å². The van der Waals surface area contributed by atoms with Crippen LogP contribution in [0.3, 0.4) is 0 Å². The first-order valence-electron chi connectivity index (χ1n) is 10.9. The fraction of sp³-hybridized carbons (Fsp3) is 0.261. The van der Waals surface area contributed by atoms with Crippen molar-refractivity contribution in [2.45, 2.75) is 19.9 Å². The summed E-state index contributed by atoms with van der Waals surface area (Å²) in [5.41, 5.74) is 2.50. The average Bonchev–Trinajstić information content (AvgIpc) is 3.11. The van der Waals surface area contributed by atoms with Gasteiger partial charge >= 0.3 is 0 Å². The molecule has 11 nitrogen and oxygen atoms in total. The Morgan fingerprint density at radius 3 is 2.63 bits per heavy atom. The van der Waals surface area contributed by atoms with E-state index in [4.69, 9.17) is 21.5 Å². The molecule has 1 amide bonds. The summed E-state index contributed by atoms with van der Waals surface area (Å²) in [6.07, 6.45) is 4.03. The van der Waals surface area contributed by atoms with Gasteiger partial charge in [0.25, 0.3) is 0 Å². The number of likely N-dealkylation sites (tertiary alicyclic amines) is 1. The van der Waals surface area contributed by atoms with Crippen LogP contribution in [0.2, 0.25) is 5.02 Å². The first kappa shape index (κ1) is 25.7. The number of benzene rings is 1. The molecule has 1 saturated heterocycles. The summed E-state index contributed by atoms with van der Waals surface area (Å²) in [4.78, 5) is 30.7. The van der Waals surface area contributed by atoms with E-state index in [0.717, 1.165) is 19.2 Å². The molecule has 4 rings (SSSR count).